The molecule has 0 heterocycles. The van der Waals surface area contributed by atoms with Crippen LogP contribution in [0.25, 0.3) is 0 Å². The molecule has 0 aliphatic carbocycles. The summed E-state index contributed by atoms with van der Waals surface area (Å²) >= 11 is 11.1. The normalized spacial score (nSPS) is 11.2. The van der Waals surface area contributed by atoms with E-state index in [0.717, 1.165) is 5.56 Å². The van der Waals surface area contributed by atoms with Gasteiger partial charge in [0, 0.05) is 12.1 Å². The summed E-state index contributed by atoms with van der Waals surface area (Å²) in [5, 5.41) is 11.6. The zero-order valence-corrected chi connectivity index (χ0v) is 11.7. The summed E-state index contributed by atoms with van der Waals surface area (Å²) in [5.74, 6) is 0.520. The molecule has 1 aromatic carbocycles. The summed E-state index contributed by atoms with van der Waals surface area (Å²) in [4.78, 5) is 11.4. The first kappa shape index (κ1) is 15.8. The van der Waals surface area contributed by atoms with Crippen LogP contribution in [0, 0.1) is 0 Å². The van der Waals surface area contributed by atoms with E-state index >= 15 is 0 Å². The molecule has 0 saturated heterocycles. The maximum absolute atomic E-state index is 11.4. The van der Waals surface area contributed by atoms with E-state index in [-0.39, 0.29) is 32.1 Å². The molecule has 0 spiro atoms. The van der Waals surface area contributed by atoms with E-state index in [1.807, 2.05) is 0 Å². The van der Waals surface area contributed by atoms with Gasteiger partial charge in [0.05, 0.1) is 18.1 Å². The molecule has 0 atom stereocenters. The van der Waals surface area contributed by atoms with Crippen LogP contribution in [0.1, 0.15) is 5.56 Å². The van der Waals surface area contributed by atoms with Crippen molar-refractivity contribution in [2.75, 3.05) is 19.8 Å². The van der Waals surface area contributed by atoms with E-state index in [2.05, 4.69) is 5.32 Å². The van der Waals surface area contributed by atoms with Crippen LogP contribution in [0.4, 0.5) is 0 Å². The Kier molecular flexibility index (Phi) is 7.33. The lowest BCUT2D eigenvalue weighted by Gasteiger charge is -2.07. The zero-order valence-electron chi connectivity index (χ0n) is 10.2. The van der Waals surface area contributed by atoms with Crippen molar-refractivity contribution < 1.29 is 14.6 Å². The van der Waals surface area contributed by atoms with Crippen molar-refractivity contribution in [2.24, 2.45) is 0 Å². The molecule has 0 unspecified atom stereocenters. The summed E-state index contributed by atoms with van der Waals surface area (Å²) in [6.45, 7) is 0.415. The van der Waals surface area contributed by atoms with Gasteiger partial charge < -0.3 is 15.2 Å². The van der Waals surface area contributed by atoms with Gasteiger partial charge in [-0.05, 0) is 17.7 Å². The highest BCUT2D eigenvalue weighted by atomic mass is 35.5. The number of carbonyl (C=O) groups is 1. The molecule has 0 bridgehead atoms. The maximum atomic E-state index is 11.4. The van der Waals surface area contributed by atoms with E-state index in [4.69, 9.17) is 33.0 Å². The molecule has 0 aromatic heterocycles. The third-order valence-electron chi connectivity index (χ3n) is 2.22. The van der Waals surface area contributed by atoms with Crippen LogP contribution in [0.15, 0.2) is 34.8 Å². The summed E-state index contributed by atoms with van der Waals surface area (Å²) in [7, 11) is 0. The number of nitrogens with one attached hydrogen (secondary N) is 1. The van der Waals surface area contributed by atoms with E-state index in [1.165, 1.54) is 5.54 Å². The van der Waals surface area contributed by atoms with Gasteiger partial charge in [-0.3, -0.25) is 4.79 Å². The number of ether oxygens (including phenoxy) is 1. The van der Waals surface area contributed by atoms with Gasteiger partial charge >= 0.3 is 0 Å². The number of halogens is 2. The number of aliphatic hydroxyl groups is 1. The van der Waals surface area contributed by atoms with Crippen LogP contribution in [0.2, 0.25) is 0 Å². The summed E-state index contributed by atoms with van der Waals surface area (Å²) < 4.78 is 5.37. The highest BCUT2D eigenvalue weighted by molar-refractivity contribution is 6.36. The molecule has 0 aliphatic rings. The Morgan fingerprint density at radius 1 is 1.37 bits per heavy atom. The minimum Gasteiger partial charge on any atom is -0.488 e. The Morgan fingerprint density at radius 3 is 2.63 bits per heavy atom. The average Bonchev–Trinajstić information content (AvgIpc) is 2.44. The minimum absolute atomic E-state index is 0.0621. The molecule has 1 aromatic rings. The Morgan fingerprint density at radius 2 is 2.05 bits per heavy atom. The first-order valence-corrected chi connectivity index (χ1v) is 6.51. The smallest absolute Gasteiger partial charge is 0.224 e. The second kappa shape index (κ2) is 8.80. The number of carbonyl (C=O) groups excluding carboxylic acids is 1. The van der Waals surface area contributed by atoms with Gasteiger partial charge in [0.25, 0.3) is 0 Å². The Labute approximate surface area is 122 Å². The van der Waals surface area contributed by atoms with E-state index in [0.29, 0.717) is 10.8 Å². The molecule has 1 amide bonds. The van der Waals surface area contributed by atoms with Crippen molar-refractivity contribution in [3.8, 4) is 5.75 Å². The Bertz CT molecular complexity index is 432. The third-order valence-corrected chi connectivity index (χ3v) is 2.81. The number of aliphatic hydroxyl groups excluding tert-OH is 1. The molecule has 0 radical (unpaired) electrons. The lowest BCUT2D eigenvalue weighted by atomic mass is 10.1. The second-order valence-corrected chi connectivity index (χ2v) is 4.44. The summed E-state index contributed by atoms with van der Waals surface area (Å²) in [6.07, 6.45) is 0.266. The van der Waals surface area contributed by atoms with Gasteiger partial charge in [-0.25, -0.2) is 0 Å². The average molecular weight is 304 g/mol. The molecule has 0 fully saturated rings. The SMILES string of the molecule is O=C(Cc1ccc(OC/C(Cl)=C/Cl)cc1)NCCO. The van der Waals surface area contributed by atoms with Crippen LogP contribution in [0.3, 0.4) is 0 Å². The summed E-state index contributed by atoms with van der Waals surface area (Å²) in [6, 6.07) is 7.11. The lowest BCUT2D eigenvalue weighted by molar-refractivity contribution is -0.120. The van der Waals surface area contributed by atoms with Crippen molar-refractivity contribution >= 4 is 29.1 Å². The van der Waals surface area contributed by atoms with Crippen LogP contribution in [-0.2, 0) is 11.2 Å². The van der Waals surface area contributed by atoms with Crippen LogP contribution in [-0.4, -0.2) is 30.8 Å². The number of rotatable bonds is 7. The number of benzene rings is 1. The fourth-order valence-electron chi connectivity index (χ4n) is 1.33. The molecule has 1 rings (SSSR count). The molecular formula is C13H15Cl2NO3. The molecule has 4 nitrogen and oxygen atoms in total. The minimum atomic E-state index is -0.129. The number of hydrogen-bond acceptors (Lipinski definition) is 3. The van der Waals surface area contributed by atoms with Gasteiger partial charge in [-0.15, -0.1) is 0 Å². The van der Waals surface area contributed by atoms with Gasteiger partial charge in [-0.2, -0.15) is 0 Å². The fourth-order valence-corrected chi connectivity index (χ4v) is 1.45. The standard InChI is InChI=1S/C13H15Cl2NO3/c14-8-11(15)9-19-12-3-1-10(2-4-12)7-13(18)16-5-6-17/h1-4,8,17H,5-7,9H2,(H,16,18)/b11-8-. The molecule has 2 N–H and O–H groups in total. The van der Waals surface area contributed by atoms with Crippen molar-refractivity contribution in [1.29, 1.82) is 0 Å². The Balaban J connectivity index is 2.45. The quantitative estimate of drug-likeness (QED) is 0.810. The monoisotopic (exact) mass is 303 g/mol. The molecule has 0 saturated carbocycles. The van der Waals surface area contributed by atoms with Crippen LogP contribution in [0.5, 0.6) is 5.75 Å². The third kappa shape index (κ3) is 6.47. The first-order chi connectivity index (χ1) is 9.15. The van der Waals surface area contributed by atoms with E-state index in [1.54, 1.807) is 24.3 Å². The fraction of sp³-hybridized carbons (Fsp3) is 0.308. The predicted octanol–water partition coefficient (Wildman–Crippen LogP) is 2.04. The molecule has 0 aliphatic heterocycles. The van der Waals surface area contributed by atoms with E-state index < -0.39 is 0 Å². The van der Waals surface area contributed by atoms with E-state index in [9.17, 15) is 4.79 Å². The van der Waals surface area contributed by atoms with Crippen molar-refractivity contribution in [1.82, 2.24) is 5.32 Å². The van der Waals surface area contributed by atoms with Gasteiger partial charge in [0.15, 0.2) is 0 Å². The Hall–Kier alpha value is -1.23. The number of hydrogen-bond donors (Lipinski definition) is 2. The highest BCUT2D eigenvalue weighted by Gasteiger charge is 2.03. The van der Waals surface area contributed by atoms with Crippen LogP contribution < -0.4 is 10.1 Å². The molecule has 104 valence electrons. The van der Waals surface area contributed by atoms with Crippen molar-refractivity contribution in [2.45, 2.75) is 6.42 Å². The van der Waals surface area contributed by atoms with Crippen molar-refractivity contribution in [3.63, 3.8) is 0 Å². The number of amides is 1. The van der Waals surface area contributed by atoms with Gasteiger partial charge in [0.1, 0.15) is 12.4 Å². The topological polar surface area (TPSA) is 58.6 Å². The summed E-state index contributed by atoms with van der Waals surface area (Å²) in [5.41, 5.74) is 2.11. The molecule has 6 heteroatoms. The second-order valence-electron chi connectivity index (χ2n) is 3.74. The molecule has 19 heavy (non-hydrogen) atoms. The first-order valence-electron chi connectivity index (χ1n) is 5.69. The lowest BCUT2D eigenvalue weighted by Crippen LogP contribution is -2.27. The molecular weight excluding hydrogens is 289 g/mol. The zero-order chi connectivity index (χ0) is 14.1. The largest absolute Gasteiger partial charge is 0.488 e. The van der Waals surface area contributed by atoms with Crippen LogP contribution >= 0.6 is 23.2 Å². The maximum Gasteiger partial charge on any atom is 0.224 e. The highest BCUT2D eigenvalue weighted by Crippen LogP contribution is 2.14. The van der Waals surface area contributed by atoms with Gasteiger partial charge in [0.2, 0.25) is 5.91 Å². The predicted molar refractivity (Wildman–Crippen MR) is 75.5 cm³/mol. The van der Waals surface area contributed by atoms with Gasteiger partial charge in [-0.1, -0.05) is 35.3 Å². The van der Waals surface area contributed by atoms with Crippen molar-refractivity contribution in [3.05, 3.63) is 40.4 Å².